The number of rotatable bonds is 3. The first-order valence-electron chi connectivity index (χ1n) is 5.67. The molecule has 0 amide bonds. The summed E-state index contributed by atoms with van der Waals surface area (Å²) in [4.78, 5) is 16.9. The summed E-state index contributed by atoms with van der Waals surface area (Å²) in [6.45, 7) is 3.92. The van der Waals surface area contributed by atoms with Crippen molar-refractivity contribution in [2.45, 2.75) is 6.92 Å². The molecule has 1 aliphatic heterocycles. The predicted octanol–water partition coefficient (Wildman–Crippen LogP) is 0.844. The van der Waals surface area contributed by atoms with Crippen LogP contribution in [0.3, 0.4) is 0 Å². The van der Waals surface area contributed by atoms with Crippen LogP contribution < -0.4 is 4.90 Å². The Morgan fingerprint density at radius 1 is 1.53 bits per heavy atom. The van der Waals surface area contributed by atoms with Crippen molar-refractivity contribution in [3.8, 4) is 0 Å². The van der Waals surface area contributed by atoms with E-state index in [0.29, 0.717) is 5.92 Å². The Morgan fingerprint density at radius 2 is 2.29 bits per heavy atom. The van der Waals surface area contributed by atoms with Gasteiger partial charge in [-0.25, -0.2) is 9.78 Å². The molecule has 5 nitrogen and oxygen atoms in total. The van der Waals surface area contributed by atoms with Crippen molar-refractivity contribution >= 4 is 11.8 Å². The van der Waals surface area contributed by atoms with E-state index in [1.54, 1.807) is 12.1 Å². The summed E-state index contributed by atoms with van der Waals surface area (Å²) in [6, 6.07) is 3.28. The van der Waals surface area contributed by atoms with E-state index in [0.717, 1.165) is 18.9 Å². The number of hydrogen-bond donors (Lipinski definition) is 2. The summed E-state index contributed by atoms with van der Waals surface area (Å²) >= 11 is 0. The van der Waals surface area contributed by atoms with Crippen LogP contribution in [0, 0.1) is 11.8 Å². The van der Waals surface area contributed by atoms with Crippen LogP contribution in [0.25, 0.3) is 0 Å². The number of aliphatic hydroxyl groups excluding tert-OH is 1. The summed E-state index contributed by atoms with van der Waals surface area (Å²) in [5, 5.41) is 18.0. The fraction of sp³-hybridized carbons (Fsp3) is 0.500. The van der Waals surface area contributed by atoms with Gasteiger partial charge >= 0.3 is 5.97 Å². The van der Waals surface area contributed by atoms with Gasteiger partial charge in [-0.1, -0.05) is 6.92 Å². The van der Waals surface area contributed by atoms with Crippen LogP contribution in [-0.2, 0) is 0 Å². The van der Waals surface area contributed by atoms with E-state index < -0.39 is 5.97 Å². The zero-order valence-electron chi connectivity index (χ0n) is 9.71. The van der Waals surface area contributed by atoms with Crippen LogP contribution in [0.1, 0.15) is 17.3 Å². The molecule has 2 heterocycles. The maximum Gasteiger partial charge on any atom is 0.337 e. The number of anilines is 1. The van der Waals surface area contributed by atoms with Gasteiger partial charge in [-0.15, -0.1) is 0 Å². The molecule has 1 aromatic heterocycles. The number of aliphatic hydroxyl groups is 1. The molecule has 0 aliphatic carbocycles. The number of hydrogen-bond acceptors (Lipinski definition) is 4. The normalized spacial score (nSPS) is 24.0. The zero-order chi connectivity index (χ0) is 12.4. The maximum atomic E-state index is 10.7. The van der Waals surface area contributed by atoms with Crippen molar-refractivity contribution in [2.24, 2.45) is 11.8 Å². The lowest BCUT2D eigenvalue weighted by molar-refractivity contribution is 0.0696. The van der Waals surface area contributed by atoms with Crippen molar-refractivity contribution in [2.75, 3.05) is 24.6 Å². The molecule has 1 aromatic rings. The smallest absolute Gasteiger partial charge is 0.337 e. The SMILES string of the molecule is C[C@@H]1CN(c2ccc(C(=O)O)cn2)C[C@H]1CO. The third kappa shape index (κ3) is 2.39. The van der Waals surface area contributed by atoms with E-state index in [4.69, 9.17) is 5.11 Å². The molecule has 1 saturated heterocycles. The van der Waals surface area contributed by atoms with Crippen LogP contribution >= 0.6 is 0 Å². The summed E-state index contributed by atoms with van der Waals surface area (Å²) in [6.07, 6.45) is 1.37. The largest absolute Gasteiger partial charge is 0.478 e. The van der Waals surface area contributed by atoms with Gasteiger partial charge in [0.05, 0.1) is 5.56 Å². The number of carboxylic acid groups (broad SMARTS) is 1. The Morgan fingerprint density at radius 3 is 2.76 bits per heavy atom. The highest BCUT2D eigenvalue weighted by atomic mass is 16.4. The summed E-state index contributed by atoms with van der Waals surface area (Å²) in [5.74, 6) is 0.516. The second-order valence-corrected chi connectivity index (χ2v) is 4.54. The third-order valence-corrected chi connectivity index (χ3v) is 3.32. The fourth-order valence-corrected chi connectivity index (χ4v) is 2.16. The van der Waals surface area contributed by atoms with Gasteiger partial charge in [-0.05, 0) is 18.1 Å². The summed E-state index contributed by atoms with van der Waals surface area (Å²) in [7, 11) is 0. The minimum absolute atomic E-state index is 0.185. The monoisotopic (exact) mass is 236 g/mol. The molecule has 1 aliphatic rings. The quantitative estimate of drug-likeness (QED) is 0.813. The van der Waals surface area contributed by atoms with Crippen LogP contribution in [0.2, 0.25) is 0 Å². The van der Waals surface area contributed by atoms with Crippen molar-refractivity contribution in [1.82, 2.24) is 4.98 Å². The molecule has 5 heteroatoms. The molecule has 0 unspecified atom stereocenters. The van der Waals surface area contributed by atoms with Crippen molar-refractivity contribution < 1.29 is 15.0 Å². The lowest BCUT2D eigenvalue weighted by Gasteiger charge is -2.16. The van der Waals surface area contributed by atoms with E-state index in [-0.39, 0.29) is 18.1 Å². The first kappa shape index (κ1) is 11.9. The van der Waals surface area contributed by atoms with Crippen LogP contribution in [0.5, 0.6) is 0 Å². The van der Waals surface area contributed by atoms with Crippen molar-refractivity contribution in [3.63, 3.8) is 0 Å². The first-order valence-corrected chi connectivity index (χ1v) is 5.67. The third-order valence-electron chi connectivity index (χ3n) is 3.32. The van der Waals surface area contributed by atoms with Crippen LogP contribution in [-0.4, -0.2) is 40.9 Å². The molecule has 17 heavy (non-hydrogen) atoms. The molecule has 2 rings (SSSR count). The van der Waals surface area contributed by atoms with E-state index >= 15 is 0 Å². The summed E-state index contributed by atoms with van der Waals surface area (Å²) < 4.78 is 0. The number of aromatic nitrogens is 1. The highest BCUT2D eigenvalue weighted by Gasteiger charge is 2.29. The second-order valence-electron chi connectivity index (χ2n) is 4.54. The molecule has 0 aromatic carbocycles. The van der Waals surface area contributed by atoms with Gasteiger partial charge in [0.1, 0.15) is 5.82 Å². The highest BCUT2D eigenvalue weighted by Crippen LogP contribution is 2.26. The predicted molar refractivity (Wildman–Crippen MR) is 63.1 cm³/mol. The Balaban J connectivity index is 2.11. The van der Waals surface area contributed by atoms with E-state index in [1.807, 2.05) is 0 Å². The average molecular weight is 236 g/mol. The van der Waals surface area contributed by atoms with E-state index in [1.165, 1.54) is 6.20 Å². The number of aromatic carboxylic acids is 1. The Hall–Kier alpha value is -1.62. The fourth-order valence-electron chi connectivity index (χ4n) is 2.16. The number of carbonyl (C=O) groups is 1. The number of carboxylic acids is 1. The maximum absolute atomic E-state index is 10.7. The Labute approximate surface area is 99.7 Å². The highest BCUT2D eigenvalue weighted by molar-refractivity contribution is 5.87. The van der Waals surface area contributed by atoms with E-state index in [9.17, 15) is 9.90 Å². The van der Waals surface area contributed by atoms with Crippen molar-refractivity contribution in [3.05, 3.63) is 23.9 Å². The molecular formula is C12H16N2O3. The van der Waals surface area contributed by atoms with Gasteiger partial charge in [0.15, 0.2) is 0 Å². The van der Waals surface area contributed by atoms with Gasteiger partial charge in [0, 0.05) is 31.8 Å². The van der Waals surface area contributed by atoms with Gasteiger partial charge in [-0.2, -0.15) is 0 Å². The molecule has 0 radical (unpaired) electrons. The second kappa shape index (κ2) is 4.71. The van der Waals surface area contributed by atoms with Gasteiger partial charge in [0.2, 0.25) is 0 Å². The Kier molecular flexibility index (Phi) is 3.28. The lowest BCUT2D eigenvalue weighted by atomic mass is 10.00. The molecule has 1 fully saturated rings. The van der Waals surface area contributed by atoms with Crippen LogP contribution in [0.4, 0.5) is 5.82 Å². The zero-order valence-corrected chi connectivity index (χ0v) is 9.71. The van der Waals surface area contributed by atoms with Gasteiger partial charge in [-0.3, -0.25) is 0 Å². The Bertz CT molecular complexity index is 405. The molecule has 2 N–H and O–H groups in total. The molecule has 2 atom stereocenters. The van der Waals surface area contributed by atoms with Crippen molar-refractivity contribution in [1.29, 1.82) is 0 Å². The van der Waals surface area contributed by atoms with Gasteiger partial charge in [0.25, 0.3) is 0 Å². The number of pyridine rings is 1. The summed E-state index contributed by atoms with van der Waals surface area (Å²) in [5.41, 5.74) is 0.194. The minimum Gasteiger partial charge on any atom is -0.478 e. The molecule has 92 valence electrons. The lowest BCUT2D eigenvalue weighted by Crippen LogP contribution is -2.21. The first-order chi connectivity index (χ1) is 8.11. The van der Waals surface area contributed by atoms with Gasteiger partial charge < -0.3 is 15.1 Å². The number of nitrogens with zero attached hydrogens (tertiary/aromatic N) is 2. The minimum atomic E-state index is -0.966. The average Bonchev–Trinajstić information content (AvgIpc) is 2.70. The standard InChI is InChI=1S/C12H16N2O3/c1-8-5-14(6-10(8)7-15)11-3-2-9(4-13-11)12(16)17/h2-4,8,10,15H,5-7H2,1H3,(H,16,17)/t8-,10+/m1/s1. The molecule has 0 spiro atoms. The van der Waals surface area contributed by atoms with E-state index in [2.05, 4.69) is 16.8 Å². The topological polar surface area (TPSA) is 73.7 Å². The van der Waals surface area contributed by atoms with Crippen LogP contribution in [0.15, 0.2) is 18.3 Å². The molecule has 0 saturated carbocycles. The molecule has 0 bridgehead atoms. The molecular weight excluding hydrogens is 220 g/mol.